The van der Waals surface area contributed by atoms with Gasteiger partial charge in [0.1, 0.15) is 17.6 Å². The molecule has 1 aliphatic heterocycles. The zero-order valence-electron chi connectivity index (χ0n) is 24.7. The quantitative estimate of drug-likeness (QED) is 0.338. The molecule has 2 aromatic carbocycles. The molecule has 0 saturated carbocycles. The second-order valence-corrected chi connectivity index (χ2v) is 14.3. The Kier molecular flexibility index (Phi) is 9.69. The number of fused-ring (bicyclic) bond motifs is 1. The Labute approximate surface area is 252 Å². The molecule has 0 aliphatic carbocycles. The number of hydrogen-bond acceptors (Lipinski definition) is 9. The zero-order valence-corrected chi connectivity index (χ0v) is 26.3. The van der Waals surface area contributed by atoms with Gasteiger partial charge in [0.2, 0.25) is 15.9 Å². The van der Waals surface area contributed by atoms with Gasteiger partial charge in [-0.2, -0.15) is 12.7 Å². The van der Waals surface area contributed by atoms with Crippen molar-refractivity contribution in [2.45, 2.75) is 42.3 Å². The Balaban J connectivity index is 1.67. The van der Waals surface area contributed by atoms with E-state index in [0.29, 0.717) is 17.1 Å². The van der Waals surface area contributed by atoms with Crippen LogP contribution in [0.2, 0.25) is 0 Å². The maximum atomic E-state index is 13.5. The molecular formula is C28H37N5O8S2. The van der Waals surface area contributed by atoms with E-state index in [1.165, 1.54) is 59.8 Å². The number of carbonyl (C=O) groups is 1. The van der Waals surface area contributed by atoms with Gasteiger partial charge in [-0.3, -0.25) is 9.52 Å². The molecule has 43 heavy (non-hydrogen) atoms. The lowest BCUT2D eigenvalue weighted by Gasteiger charge is -2.33. The molecule has 1 aromatic heterocycles. The highest BCUT2D eigenvalue weighted by Crippen LogP contribution is 2.30. The van der Waals surface area contributed by atoms with Crippen molar-refractivity contribution in [3.05, 3.63) is 60.6 Å². The number of anilines is 1. The number of rotatable bonds is 10. The Morgan fingerprint density at radius 1 is 1.19 bits per heavy atom. The van der Waals surface area contributed by atoms with Gasteiger partial charge in [-0.25, -0.2) is 13.4 Å². The lowest BCUT2D eigenvalue weighted by Crippen LogP contribution is -2.48. The minimum atomic E-state index is -4.00. The van der Waals surface area contributed by atoms with Crippen LogP contribution in [0.5, 0.6) is 11.5 Å². The number of carbonyl (C=O) groups excluding carboxylic acids is 1. The van der Waals surface area contributed by atoms with Gasteiger partial charge in [-0.05, 0) is 49.4 Å². The van der Waals surface area contributed by atoms with E-state index in [-0.39, 0.29) is 53.6 Å². The fraction of sp³-hybridized carbons (Fsp3) is 0.429. The summed E-state index contributed by atoms with van der Waals surface area (Å²) >= 11 is 0. The molecule has 0 fully saturated rings. The van der Waals surface area contributed by atoms with E-state index in [9.17, 15) is 26.7 Å². The van der Waals surface area contributed by atoms with Crippen LogP contribution in [0.3, 0.4) is 0 Å². The lowest BCUT2D eigenvalue weighted by molar-refractivity contribution is -0.134. The number of sulfonamides is 2. The SMILES string of the molecule is COc1ccc(S(=O)(=O)N(C)C[C@H]2Oc3ccc(NS(=O)(=O)c4cn(C)cn4)cc3CC(=O)N([C@H](C)CO)C[C@@H]2C)cc1. The lowest BCUT2D eigenvalue weighted by atomic mass is 10.0. The molecule has 2 heterocycles. The molecule has 3 aromatic rings. The number of amides is 1. The Bertz CT molecular complexity index is 1660. The Morgan fingerprint density at radius 2 is 1.88 bits per heavy atom. The number of aliphatic hydroxyl groups is 1. The van der Waals surface area contributed by atoms with Crippen LogP contribution in [-0.4, -0.2) is 92.6 Å². The summed E-state index contributed by atoms with van der Waals surface area (Å²) in [5.41, 5.74) is 0.603. The van der Waals surface area contributed by atoms with Crippen LogP contribution in [0, 0.1) is 5.92 Å². The first-order chi connectivity index (χ1) is 20.2. The highest BCUT2D eigenvalue weighted by atomic mass is 32.2. The van der Waals surface area contributed by atoms with Crippen LogP contribution in [0.1, 0.15) is 19.4 Å². The predicted molar refractivity (Wildman–Crippen MR) is 159 cm³/mol. The normalized spacial score (nSPS) is 18.7. The average molecular weight is 636 g/mol. The largest absolute Gasteiger partial charge is 0.497 e. The number of aryl methyl sites for hydroxylation is 1. The van der Waals surface area contributed by atoms with E-state index in [0.717, 1.165) is 0 Å². The summed E-state index contributed by atoms with van der Waals surface area (Å²) in [6.45, 7) is 3.46. The smallest absolute Gasteiger partial charge is 0.280 e. The molecule has 0 bridgehead atoms. The van der Waals surface area contributed by atoms with Crippen LogP contribution in [-0.2, 0) is 38.3 Å². The highest BCUT2D eigenvalue weighted by Gasteiger charge is 2.33. The number of benzene rings is 2. The number of nitrogens with one attached hydrogen (secondary N) is 1. The molecule has 0 spiro atoms. The van der Waals surface area contributed by atoms with Gasteiger partial charge in [-0.1, -0.05) is 6.92 Å². The van der Waals surface area contributed by atoms with Crippen LogP contribution in [0.25, 0.3) is 0 Å². The van der Waals surface area contributed by atoms with Crippen LogP contribution < -0.4 is 14.2 Å². The van der Waals surface area contributed by atoms with E-state index < -0.39 is 32.2 Å². The zero-order chi connectivity index (χ0) is 31.5. The molecule has 3 atom stereocenters. The predicted octanol–water partition coefficient (Wildman–Crippen LogP) is 1.70. The number of ether oxygens (including phenoxy) is 2. The van der Waals surface area contributed by atoms with Crippen LogP contribution in [0.4, 0.5) is 5.69 Å². The van der Waals surface area contributed by atoms with E-state index in [2.05, 4.69) is 9.71 Å². The second kappa shape index (κ2) is 12.9. The van der Waals surface area contributed by atoms with E-state index in [1.807, 2.05) is 6.92 Å². The molecule has 13 nitrogen and oxygen atoms in total. The fourth-order valence-corrected chi connectivity index (χ4v) is 6.94. The summed E-state index contributed by atoms with van der Waals surface area (Å²) < 4.78 is 69.3. The standard InChI is InChI=1S/C28H37N5O8S2/c1-19-14-33(20(2)17-34)28(35)13-21-12-22(30-42(36,37)27-16-31(3)18-29-27)6-11-25(21)41-26(19)15-32(4)43(38,39)24-9-7-23(40-5)8-10-24/h6-12,16,18-20,26,30,34H,13-15,17H2,1-5H3/t19-,20+,26+/m0/s1. The fourth-order valence-electron chi connectivity index (χ4n) is 4.73. The molecular weight excluding hydrogens is 598 g/mol. The third-order valence-electron chi connectivity index (χ3n) is 7.33. The number of methoxy groups -OCH3 is 1. The van der Waals surface area contributed by atoms with Crippen molar-refractivity contribution < 1.29 is 36.2 Å². The topological polar surface area (TPSA) is 160 Å². The second-order valence-electron chi connectivity index (χ2n) is 10.7. The Hall–Kier alpha value is -3.66. The minimum Gasteiger partial charge on any atom is -0.497 e. The van der Waals surface area contributed by atoms with Gasteiger partial charge >= 0.3 is 0 Å². The summed E-state index contributed by atoms with van der Waals surface area (Å²) in [5.74, 6) is 0.207. The van der Waals surface area contributed by atoms with Crippen molar-refractivity contribution in [1.29, 1.82) is 0 Å². The van der Waals surface area contributed by atoms with Crippen molar-refractivity contribution in [2.24, 2.45) is 13.0 Å². The van der Waals surface area contributed by atoms with Crippen molar-refractivity contribution in [3.8, 4) is 11.5 Å². The summed E-state index contributed by atoms with van der Waals surface area (Å²) in [4.78, 5) is 19.0. The average Bonchev–Trinajstić information content (AvgIpc) is 3.43. The van der Waals surface area contributed by atoms with Crippen LogP contribution >= 0.6 is 0 Å². The summed E-state index contributed by atoms with van der Waals surface area (Å²) in [7, 11) is -3.30. The number of imidazole rings is 1. The Morgan fingerprint density at radius 3 is 2.49 bits per heavy atom. The van der Waals surface area contributed by atoms with Gasteiger partial charge in [0.05, 0.1) is 43.9 Å². The third kappa shape index (κ3) is 7.29. The first-order valence-corrected chi connectivity index (χ1v) is 16.5. The van der Waals surface area contributed by atoms with E-state index >= 15 is 0 Å². The third-order valence-corrected chi connectivity index (χ3v) is 10.4. The van der Waals surface area contributed by atoms with Crippen molar-refractivity contribution in [2.75, 3.05) is 38.6 Å². The first kappa shape index (κ1) is 32.3. The van der Waals surface area contributed by atoms with Crippen molar-refractivity contribution >= 4 is 31.6 Å². The number of likely N-dealkylation sites (N-methyl/N-ethyl adjacent to an activating group) is 1. The molecule has 4 rings (SSSR count). The maximum Gasteiger partial charge on any atom is 0.280 e. The molecule has 0 radical (unpaired) electrons. The number of nitrogens with zero attached hydrogens (tertiary/aromatic N) is 4. The van der Waals surface area contributed by atoms with Crippen molar-refractivity contribution in [1.82, 2.24) is 18.8 Å². The molecule has 1 aliphatic rings. The van der Waals surface area contributed by atoms with Crippen LogP contribution in [0.15, 0.2) is 64.9 Å². The number of hydrogen-bond donors (Lipinski definition) is 2. The summed E-state index contributed by atoms with van der Waals surface area (Å²) in [5, 5.41) is 9.71. The summed E-state index contributed by atoms with van der Waals surface area (Å²) in [6.07, 6.45) is 1.91. The van der Waals surface area contributed by atoms with E-state index in [4.69, 9.17) is 9.47 Å². The first-order valence-electron chi connectivity index (χ1n) is 13.6. The number of aliphatic hydroxyl groups excluding tert-OH is 1. The van der Waals surface area contributed by atoms with E-state index in [1.54, 1.807) is 37.1 Å². The van der Waals surface area contributed by atoms with Gasteiger partial charge in [0.25, 0.3) is 10.0 Å². The monoisotopic (exact) mass is 635 g/mol. The van der Waals surface area contributed by atoms with Crippen molar-refractivity contribution in [3.63, 3.8) is 0 Å². The van der Waals surface area contributed by atoms with Gasteiger partial charge in [-0.15, -0.1) is 0 Å². The summed E-state index contributed by atoms with van der Waals surface area (Å²) in [6, 6.07) is 10.1. The molecule has 0 saturated heterocycles. The molecule has 0 unspecified atom stereocenters. The van der Waals surface area contributed by atoms with Gasteiger partial charge in [0.15, 0.2) is 5.03 Å². The molecule has 15 heteroatoms. The maximum absolute atomic E-state index is 13.5. The highest BCUT2D eigenvalue weighted by molar-refractivity contribution is 7.92. The molecule has 1 amide bonds. The van der Waals surface area contributed by atoms with Gasteiger partial charge < -0.3 is 24.0 Å². The minimum absolute atomic E-state index is 0.0431. The molecule has 2 N–H and O–H groups in total. The van der Waals surface area contributed by atoms with Gasteiger partial charge in [0, 0.05) is 44.0 Å². The number of aromatic nitrogens is 2. The molecule has 234 valence electrons.